The Bertz CT molecular complexity index is 2570. The minimum atomic E-state index is -0.971. The number of rotatable bonds is 10. The van der Waals surface area contributed by atoms with Crippen LogP contribution in [0.5, 0.6) is 23.3 Å². The number of likely N-dealkylation sites (N-methyl/N-ethyl adjacent to an activating group) is 1. The standard InChI is InChI=1S/C45H40F2N6O5/c1-51-18-8-12-31(51)26-57-44-49-42-35(43(50-44)52-23-29-16-17-30(24-52)53(29)45(54)55)21-39(58-38-15-7-14-37(46)36(38)22-48)40(41(42)47)34-20-32(19-28-11-5-6-13-33(28)34)56-25-27-9-3-2-4-10-27/h2-7,9-11,13-15,19-21,29-31H,8,12,16-18,23-26H2,1H3,(H,54,55)/t29-,30+,31-/m0/s1. The molecule has 5 aromatic carbocycles. The Hall–Kier alpha value is -6.52. The first-order chi connectivity index (χ1) is 28.2. The van der Waals surface area contributed by atoms with Crippen molar-refractivity contribution in [2.45, 2.75) is 50.4 Å². The second-order valence-electron chi connectivity index (χ2n) is 15.2. The quantitative estimate of drug-likeness (QED) is 0.144. The molecule has 58 heavy (non-hydrogen) atoms. The molecule has 0 radical (unpaired) electrons. The van der Waals surface area contributed by atoms with Gasteiger partial charge >= 0.3 is 12.1 Å². The van der Waals surface area contributed by atoms with Crippen LogP contribution in [0.1, 0.15) is 36.8 Å². The third kappa shape index (κ3) is 6.94. The van der Waals surface area contributed by atoms with Gasteiger partial charge in [-0.2, -0.15) is 15.2 Å². The normalized spacial score (nSPS) is 19.1. The summed E-state index contributed by atoms with van der Waals surface area (Å²) in [5.41, 5.74) is 1.02. The van der Waals surface area contributed by atoms with Crippen molar-refractivity contribution < 1.29 is 32.9 Å². The van der Waals surface area contributed by atoms with E-state index in [1.165, 1.54) is 17.0 Å². The molecule has 13 heteroatoms. The summed E-state index contributed by atoms with van der Waals surface area (Å²) in [6, 6.07) is 28.0. The molecule has 0 unspecified atom stereocenters. The van der Waals surface area contributed by atoms with Crippen LogP contribution < -0.4 is 19.1 Å². The summed E-state index contributed by atoms with van der Waals surface area (Å²) in [6.45, 7) is 2.16. The van der Waals surface area contributed by atoms with E-state index in [9.17, 15) is 15.2 Å². The summed E-state index contributed by atoms with van der Waals surface area (Å²) in [7, 11) is 2.04. The largest absolute Gasteiger partial charge is 0.489 e. The third-order valence-corrected chi connectivity index (χ3v) is 11.6. The lowest BCUT2D eigenvalue weighted by Crippen LogP contribution is -2.55. The predicted octanol–water partition coefficient (Wildman–Crippen LogP) is 8.78. The average molecular weight is 783 g/mol. The number of hydrogen-bond donors (Lipinski definition) is 1. The number of carbonyl (C=O) groups is 1. The number of nitriles is 1. The Morgan fingerprint density at radius 2 is 1.67 bits per heavy atom. The Morgan fingerprint density at radius 1 is 0.897 bits per heavy atom. The third-order valence-electron chi connectivity index (χ3n) is 11.6. The highest BCUT2D eigenvalue weighted by Crippen LogP contribution is 2.46. The van der Waals surface area contributed by atoms with E-state index < -0.39 is 17.7 Å². The first-order valence-corrected chi connectivity index (χ1v) is 19.5. The van der Waals surface area contributed by atoms with Crippen molar-refractivity contribution in [3.05, 3.63) is 114 Å². The smallest absolute Gasteiger partial charge is 0.407 e. The minimum Gasteiger partial charge on any atom is -0.489 e. The first-order valence-electron chi connectivity index (χ1n) is 19.5. The summed E-state index contributed by atoms with van der Waals surface area (Å²) < 4.78 is 52.1. The van der Waals surface area contributed by atoms with Crippen LogP contribution in [0.25, 0.3) is 32.8 Å². The highest BCUT2D eigenvalue weighted by atomic mass is 19.1. The van der Waals surface area contributed by atoms with Crippen molar-refractivity contribution in [3.63, 3.8) is 0 Å². The zero-order chi connectivity index (χ0) is 39.9. The molecule has 1 aromatic heterocycles. The molecular formula is C45H40F2N6O5. The van der Waals surface area contributed by atoms with E-state index in [4.69, 9.17) is 24.2 Å². The molecule has 4 heterocycles. The molecule has 2 bridgehead atoms. The van der Waals surface area contributed by atoms with Gasteiger partial charge < -0.3 is 29.1 Å². The Balaban J connectivity index is 1.25. The second kappa shape index (κ2) is 15.4. The number of amides is 1. The maximum Gasteiger partial charge on any atom is 0.407 e. The van der Waals surface area contributed by atoms with E-state index in [2.05, 4.69) is 4.90 Å². The van der Waals surface area contributed by atoms with Crippen molar-refractivity contribution in [2.75, 3.05) is 38.2 Å². The zero-order valence-electron chi connectivity index (χ0n) is 31.8. The molecule has 6 aromatic rings. The van der Waals surface area contributed by atoms with E-state index in [1.54, 1.807) is 12.1 Å². The van der Waals surface area contributed by atoms with Crippen LogP contribution in [0.4, 0.5) is 19.4 Å². The molecule has 0 aliphatic carbocycles. The molecule has 3 aliphatic rings. The van der Waals surface area contributed by atoms with E-state index in [1.807, 2.05) is 78.7 Å². The summed E-state index contributed by atoms with van der Waals surface area (Å²) in [4.78, 5) is 27.5. The van der Waals surface area contributed by atoms with Gasteiger partial charge in [0.15, 0.2) is 5.82 Å². The van der Waals surface area contributed by atoms with Crippen LogP contribution in [0.3, 0.4) is 0 Å². The van der Waals surface area contributed by atoms with Crippen molar-refractivity contribution in [3.8, 4) is 40.5 Å². The van der Waals surface area contributed by atoms with E-state index in [0.717, 1.165) is 36.4 Å². The Kier molecular flexibility index (Phi) is 9.87. The van der Waals surface area contributed by atoms with Crippen LogP contribution in [0, 0.1) is 23.0 Å². The molecule has 3 aliphatic heterocycles. The minimum absolute atomic E-state index is 0.00368. The number of piperazine rings is 1. The predicted molar refractivity (Wildman–Crippen MR) is 214 cm³/mol. The number of fused-ring (bicyclic) bond motifs is 4. The van der Waals surface area contributed by atoms with Gasteiger partial charge in [0.25, 0.3) is 0 Å². The second-order valence-corrected chi connectivity index (χ2v) is 15.2. The summed E-state index contributed by atoms with van der Waals surface area (Å²) in [6.07, 6.45) is 2.38. The molecule has 3 saturated heterocycles. The van der Waals surface area contributed by atoms with Gasteiger partial charge in [-0.15, -0.1) is 0 Å². The van der Waals surface area contributed by atoms with Gasteiger partial charge in [0.1, 0.15) is 59.2 Å². The van der Waals surface area contributed by atoms with Crippen LogP contribution in [-0.4, -0.2) is 82.4 Å². The number of halogens is 2. The van der Waals surface area contributed by atoms with Gasteiger partial charge in [-0.25, -0.2) is 13.6 Å². The lowest BCUT2D eigenvalue weighted by molar-refractivity contribution is 0.114. The fraction of sp³-hybridized carbons (Fsp3) is 0.289. The van der Waals surface area contributed by atoms with E-state index >= 15 is 8.78 Å². The maximum absolute atomic E-state index is 18.0. The summed E-state index contributed by atoms with van der Waals surface area (Å²) in [5, 5.41) is 21.8. The summed E-state index contributed by atoms with van der Waals surface area (Å²) >= 11 is 0. The number of hydrogen-bond acceptors (Lipinski definition) is 9. The van der Waals surface area contributed by atoms with E-state index in [-0.39, 0.29) is 58.9 Å². The van der Waals surface area contributed by atoms with Crippen LogP contribution in [0.2, 0.25) is 0 Å². The van der Waals surface area contributed by atoms with E-state index in [0.29, 0.717) is 60.4 Å². The molecule has 0 saturated carbocycles. The molecule has 1 N–H and O–H groups in total. The molecule has 9 rings (SSSR count). The Labute approximate surface area is 333 Å². The van der Waals surface area contributed by atoms with Crippen LogP contribution in [0.15, 0.2) is 91.0 Å². The first kappa shape index (κ1) is 37.1. The van der Waals surface area contributed by atoms with Crippen molar-refractivity contribution >= 4 is 33.6 Å². The fourth-order valence-electron chi connectivity index (χ4n) is 8.68. The molecule has 294 valence electrons. The molecule has 3 fully saturated rings. The number of ether oxygens (including phenoxy) is 3. The average Bonchev–Trinajstić information content (AvgIpc) is 3.77. The summed E-state index contributed by atoms with van der Waals surface area (Å²) in [5.74, 6) is -0.787. The lowest BCUT2D eigenvalue weighted by atomic mass is 9.95. The van der Waals surface area contributed by atoms with Gasteiger partial charge in [-0.1, -0.05) is 60.7 Å². The molecule has 3 atom stereocenters. The number of nitrogens with zero attached hydrogens (tertiary/aromatic N) is 6. The monoisotopic (exact) mass is 782 g/mol. The lowest BCUT2D eigenvalue weighted by Gasteiger charge is -2.40. The van der Waals surface area contributed by atoms with Crippen LogP contribution >= 0.6 is 0 Å². The molecule has 11 nitrogen and oxygen atoms in total. The van der Waals surface area contributed by atoms with Crippen molar-refractivity contribution in [2.24, 2.45) is 0 Å². The van der Waals surface area contributed by atoms with Crippen molar-refractivity contribution in [1.82, 2.24) is 19.8 Å². The van der Waals surface area contributed by atoms with Gasteiger partial charge in [0, 0.05) is 24.5 Å². The number of aromatic nitrogens is 2. The topological polar surface area (TPSA) is 124 Å². The highest BCUT2D eigenvalue weighted by molar-refractivity contribution is 6.03. The molecule has 1 amide bonds. The highest BCUT2D eigenvalue weighted by Gasteiger charge is 2.44. The van der Waals surface area contributed by atoms with Gasteiger partial charge in [-0.3, -0.25) is 4.90 Å². The Morgan fingerprint density at radius 3 is 2.41 bits per heavy atom. The maximum atomic E-state index is 18.0. The van der Waals surface area contributed by atoms with Gasteiger partial charge in [0.05, 0.1) is 17.6 Å². The van der Waals surface area contributed by atoms with Crippen molar-refractivity contribution in [1.29, 1.82) is 5.26 Å². The molecule has 0 spiro atoms. The SMILES string of the molecule is CN1CCC[C@H]1COc1nc(N2C[C@H]3CC[C@@H](C2)N3C(=O)O)c2cc(Oc3cccc(F)c3C#N)c(-c3cc(OCc4ccccc4)cc4ccccc34)c(F)c2n1. The number of carboxylic acid groups (broad SMARTS) is 1. The zero-order valence-corrected chi connectivity index (χ0v) is 31.8. The van der Waals surface area contributed by atoms with Crippen LogP contribution in [-0.2, 0) is 6.61 Å². The number of anilines is 1. The molecular weight excluding hydrogens is 743 g/mol. The number of likely N-dealkylation sites (tertiary alicyclic amines) is 1. The fourth-order valence-corrected chi connectivity index (χ4v) is 8.68. The van der Waals surface area contributed by atoms with Gasteiger partial charge in [-0.05, 0) is 91.5 Å². The number of benzene rings is 5. The van der Waals surface area contributed by atoms with Gasteiger partial charge in [0.2, 0.25) is 0 Å².